The van der Waals surface area contributed by atoms with Gasteiger partial charge < -0.3 is 0 Å². The number of rotatable bonds is 11. The minimum absolute atomic E-state index is 0.0169. The monoisotopic (exact) mass is 854 g/mol. The van der Waals surface area contributed by atoms with Gasteiger partial charge in [-0.3, -0.25) is 0 Å². The van der Waals surface area contributed by atoms with Crippen molar-refractivity contribution in [3.8, 4) is 0 Å². The summed E-state index contributed by atoms with van der Waals surface area (Å²) in [6.07, 6.45) is 40.6. The Morgan fingerprint density at radius 2 is 0.500 bits per heavy atom. The van der Waals surface area contributed by atoms with Crippen molar-refractivity contribution < 1.29 is 15.7 Å². The predicted molar refractivity (Wildman–Crippen MR) is 194 cm³/mol. The van der Waals surface area contributed by atoms with Gasteiger partial charge in [-0.1, -0.05) is 0 Å². The molecular weight excluding hydrogens is 782 g/mol. The zero-order chi connectivity index (χ0) is 31.7. The molecule has 0 spiro atoms. The van der Waals surface area contributed by atoms with Crippen LogP contribution in [0.25, 0.3) is 0 Å². The molecule has 0 bridgehead atoms. The summed E-state index contributed by atoms with van der Waals surface area (Å²) >= 11 is -6.79. The molecule has 0 aromatic rings. The van der Waals surface area contributed by atoms with Gasteiger partial charge in [-0.15, -0.1) is 0 Å². The summed E-state index contributed by atoms with van der Waals surface area (Å²) in [5.74, 6) is 0.0338. The topological polar surface area (TPSA) is 52.6 Å². The van der Waals surface area contributed by atoms with E-state index in [0.717, 1.165) is 23.6 Å². The first-order valence-electron chi connectivity index (χ1n) is 21.1. The van der Waals surface area contributed by atoms with Crippen molar-refractivity contribution in [1.82, 2.24) is 0 Å². The second-order valence-corrected chi connectivity index (χ2v) is 42.1. The Morgan fingerprint density at radius 3 is 0.674 bits per heavy atom. The minimum atomic E-state index is -3.39. The van der Waals surface area contributed by atoms with Crippen LogP contribution in [0, 0.1) is 0 Å². The summed E-state index contributed by atoms with van der Waals surface area (Å²) in [5.41, 5.74) is 0. The van der Waals surface area contributed by atoms with Gasteiger partial charge in [0.05, 0.1) is 0 Å². The second kappa shape index (κ2) is 18.2. The normalized spacial score (nSPS) is 26.5. The van der Waals surface area contributed by atoms with Crippen LogP contribution in [0.3, 0.4) is 0 Å². The van der Waals surface area contributed by atoms with E-state index in [1.165, 1.54) is 193 Å². The van der Waals surface area contributed by atoms with Gasteiger partial charge in [0.25, 0.3) is 0 Å². The van der Waals surface area contributed by atoms with E-state index in [1.54, 1.807) is 0 Å². The molecule has 0 aromatic heterocycles. The van der Waals surface area contributed by atoms with Crippen LogP contribution in [0.5, 0.6) is 0 Å². The summed E-state index contributed by atoms with van der Waals surface area (Å²) in [6.45, 7) is 0. The number of hydrogen-bond acceptors (Lipinski definition) is 4. The van der Waals surface area contributed by atoms with E-state index < -0.39 is 37.6 Å². The van der Waals surface area contributed by atoms with Gasteiger partial charge in [-0.05, 0) is 0 Å². The molecule has 6 rings (SSSR count). The Morgan fingerprint density at radius 1 is 0.326 bits per heavy atom. The first kappa shape index (κ1) is 36.3. The Hall–Kier alpha value is 0.537. The Kier molecular flexibility index (Phi) is 14.3. The van der Waals surface area contributed by atoms with Crippen molar-refractivity contribution >= 4 is 49.5 Å². The molecule has 0 N–H and O–H groups in total. The van der Waals surface area contributed by atoms with Crippen LogP contribution in [-0.4, -0.2) is 49.5 Å². The first-order chi connectivity index (χ1) is 22.6. The van der Waals surface area contributed by atoms with E-state index in [1.807, 2.05) is 0 Å². The van der Waals surface area contributed by atoms with Gasteiger partial charge in [0.15, 0.2) is 0 Å². The van der Waals surface area contributed by atoms with Crippen molar-refractivity contribution in [3.05, 3.63) is 0 Å². The Bertz CT molecular complexity index is 766. The molecule has 6 fully saturated rings. The first-order valence-corrected chi connectivity index (χ1v) is 33.3. The van der Waals surface area contributed by atoms with Crippen molar-refractivity contribution in [2.75, 3.05) is 0 Å². The molecule has 6 aliphatic rings. The van der Waals surface area contributed by atoms with Gasteiger partial charge in [-0.25, -0.2) is 0 Å². The molecule has 6 heteroatoms. The van der Waals surface area contributed by atoms with E-state index in [0.29, 0.717) is 0 Å². The van der Waals surface area contributed by atoms with Gasteiger partial charge in [0, 0.05) is 0 Å². The maximum atomic E-state index is 14.2. The fraction of sp³-hybridized carbons (Fsp3) is 0.950. The van der Waals surface area contributed by atoms with Crippen LogP contribution in [0.1, 0.15) is 205 Å². The van der Waals surface area contributed by atoms with Crippen LogP contribution in [0.2, 0.25) is 23.6 Å². The summed E-state index contributed by atoms with van der Waals surface area (Å²) in [6, 6.07) is 0. The summed E-state index contributed by atoms with van der Waals surface area (Å²) in [7, 11) is 0. The van der Waals surface area contributed by atoms with Crippen LogP contribution in [0.4, 0.5) is 0 Å². The predicted octanol–water partition coefficient (Wildman–Crippen LogP) is 12.7. The van der Waals surface area contributed by atoms with Crippen molar-refractivity contribution in [2.45, 2.75) is 229 Å². The molecule has 0 unspecified atom stereocenters. The van der Waals surface area contributed by atoms with E-state index in [4.69, 9.17) is 6.15 Å². The molecule has 0 radical (unpaired) electrons. The fourth-order valence-corrected chi connectivity index (χ4v) is 52.1. The van der Waals surface area contributed by atoms with Crippen LogP contribution in [-0.2, 0) is 15.7 Å². The molecule has 0 atom stereocenters. The van der Waals surface area contributed by atoms with Crippen molar-refractivity contribution in [3.63, 3.8) is 0 Å². The molecular formula is C40H70O4Sn2. The van der Waals surface area contributed by atoms with E-state index in [2.05, 4.69) is 0 Å². The molecule has 262 valence electrons. The van der Waals surface area contributed by atoms with Gasteiger partial charge in [0.1, 0.15) is 0 Å². The average Bonchev–Trinajstić information content (AvgIpc) is 3.14. The van der Waals surface area contributed by atoms with Crippen LogP contribution < -0.4 is 0 Å². The maximum absolute atomic E-state index is 14.2. The number of carbonyl (C=O) groups is 2. The van der Waals surface area contributed by atoms with Crippen molar-refractivity contribution in [1.29, 1.82) is 0 Å². The number of carbonyl (C=O) groups excluding carboxylic acids is 2. The quantitative estimate of drug-likeness (QED) is 0.194. The SMILES string of the molecule is O=C(CCC(=O)[O][Sn]([CH]1CCCCC1)([CH]1CCCCC1)[CH]1CCCCC1)[O][Sn]([CH]1CCCCC1)([CH]1CCCCC1)[CH]1CCCCC1. The fourth-order valence-electron chi connectivity index (χ4n) is 12.5. The second-order valence-electron chi connectivity index (χ2n) is 17.2. The molecule has 0 heterocycles. The zero-order valence-electron chi connectivity index (χ0n) is 29.7. The van der Waals surface area contributed by atoms with Gasteiger partial charge in [-0.2, -0.15) is 0 Å². The molecule has 6 aliphatic carbocycles. The molecule has 0 aliphatic heterocycles. The number of hydrogen-bond donors (Lipinski definition) is 0. The van der Waals surface area contributed by atoms with Crippen LogP contribution >= 0.6 is 0 Å². The Labute approximate surface area is 292 Å². The molecule has 0 saturated heterocycles. The average molecular weight is 852 g/mol. The summed E-state index contributed by atoms with van der Waals surface area (Å²) < 4.78 is 18.9. The van der Waals surface area contributed by atoms with E-state index >= 15 is 0 Å². The Balaban J connectivity index is 1.20. The third-order valence-electron chi connectivity index (χ3n) is 14.6. The third kappa shape index (κ3) is 8.52. The van der Waals surface area contributed by atoms with Crippen molar-refractivity contribution in [2.24, 2.45) is 0 Å². The zero-order valence-corrected chi connectivity index (χ0v) is 35.4. The third-order valence-corrected chi connectivity index (χ3v) is 49.6. The summed E-state index contributed by atoms with van der Waals surface area (Å²) in [5, 5.41) is 0. The van der Waals surface area contributed by atoms with Gasteiger partial charge in [0.2, 0.25) is 0 Å². The standard InChI is InChI=1S/6C6H11.C4H6O4.2Sn/c6*1-2-4-6-5-3-1;5-3(6)1-2-4(7)8;;/h6*1H,2-6H2;1-2H2,(H,5,6)(H,7,8);;/q;;;;;;;2*+1/p-2. The summed E-state index contributed by atoms with van der Waals surface area (Å²) in [4.78, 5) is 28.4. The van der Waals surface area contributed by atoms with E-state index in [9.17, 15) is 9.59 Å². The van der Waals surface area contributed by atoms with Gasteiger partial charge >= 0.3 is 294 Å². The molecule has 0 amide bonds. The van der Waals surface area contributed by atoms with Crippen LogP contribution in [0.15, 0.2) is 0 Å². The molecule has 0 aromatic carbocycles. The van der Waals surface area contributed by atoms with E-state index in [-0.39, 0.29) is 24.8 Å². The molecule has 6 saturated carbocycles. The molecule has 46 heavy (non-hydrogen) atoms. The molecule has 4 nitrogen and oxygen atoms in total.